The number of anilines is 2. The summed E-state index contributed by atoms with van der Waals surface area (Å²) in [7, 11) is 0. The lowest BCUT2D eigenvalue weighted by Crippen LogP contribution is -2.46. The highest BCUT2D eigenvalue weighted by Crippen LogP contribution is 2.31. The topological polar surface area (TPSA) is 168 Å². The van der Waals surface area contributed by atoms with Gasteiger partial charge in [0.15, 0.2) is 17.0 Å². The van der Waals surface area contributed by atoms with Crippen molar-refractivity contribution in [2.75, 3.05) is 16.4 Å². The Morgan fingerprint density at radius 2 is 1.14 bits per heavy atom. The summed E-state index contributed by atoms with van der Waals surface area (Å²) in [6.45, 7) is 20.2. The molecule has 238 valence electrons. The van der Waals surface area contributed by atoms with Crippen LogP contribution in [0.15, 0.2) is 6.33 Å². The fraction of sp³-hybridized carbons (Fsp3) is 0.679. The van der Waals surface area contributed by atoms with Crippen LogP contribution in [0.3, 0.4) is 0 Å². The minimum atomic E-state index is -1.15. The number of hydrogen-bond donors (Lipinski definition) is 0. The van der Waals surface area contributed by atoms with E-state index in [2.05, 4.69) is 15.0 Å². The number of carbonyl (C=O) groups is 4. The summed E-state index contributed by atoms with van der Waals surface area (Å²) in [4.78, 5) is 68.2. The lowest BCUT2D eigenvalue weighted by Gasteiger charge is -2.29. The first-order valence-electron chi connectivity index (χ1n) is 13.8. The minimum absolute atomic E-state index is 0.00514. The number of imide groups is 2. The molecule has 43 heavy (non-hydrogen) atoms. The molecule has 1 aliphatic rings. The van der Waals surface area contributed by atoms with E-state index in [4.69, 9.17) is 23.7 Å². The Balaban J connectivity index is 2.32. The number of rotatable bonds is 4. The van der Waals surface area contributed by atoms with Crippen LogP contribution in [0.25, 0.3) is 11.2 Å². The van der Waals surface area contributed by atoms with Crippen molar-refractivity contribution in [3.05, 3.63) is 6.33 Å². The highest BCUT2D eigenvalue weighted by Gasteiger charge is 2.40. The van der Waals surface area contributed by atoms with Crippen molar-refractivity contribution < 1.29 is 42.9 Å². The zero-order valence-corrected chi connectivity index (χ0v) is 26.9. The number of aromatic nitrogens is 4. The molecule has 0 bridgehead atoms. The van der Waals surface area contributed by atoms with E-state index in [9.17, 15) is 19.2 Å². The highest BCUT2D eigenvalue weighted by molar-refractivity contribution is 6.14. The van der Waals surface area contributed by atoms with Crippen molar-refractivity contribution in [2.45, 2.75) is 118 Å². The number of imidazole rings is 1. The van der Waals surface area contributed by atoms with E-state index in [1.54, 1.807) is 87.7 Å². The quantitative estimate of drug-likeness (QED) is 0.313. The van der Waals surface area contributed by atoms with Crippen LogP contribution in [0.4, 0.5) is 30.9 Å². The summed E-state index contributed by atoms with van der Waals surface area (Å²) >= 11 is 0. The Hall–Kier alpha value is -4.01. The van der Waals surface area contributed by atoms with Gasteiger partial charge in [-0.2, -0.15) is 14.9 Å². The van der Waals surface area contributed by atoms with Gasteiger partial charge >= 0.3 is 24.4 Å². The first-order chi connectivity index (χ1) is 19.4. The van der Waals surface area contributed by atoms with Gasteiger partial charge in [0.1, 0.15) is 22.4 Å². The SMILES string of the molecule is CC(C)(C)OC(=O)N(C(=O)OC(C)(C)C)c1nc(N(C(=O)OC(C)(C)C)C(=O)OC(C)(C)C)c2ncn(C[C@H]3CO3)c2n1. The van der Waals surface area contributed by atoms with Crippen LogP contribution in [0.5, 0.6) is 0 Å². The third kappa shape index (κ3) is 9.49. The molecule has 3 rings (SSSR count). The summed E-state index contributed by atoms with van der Waals surface area (Å²) in [6.07, 6.45) is -3.26. The molecule has 0 N–H and O–H groups in total. The van der Waals surface area contributed by atoms with Crippen molar-refractivity contribution in [3.8, 4) is 0 Å². The summed E-state index contributed by atoms with van der Waals surface area (Å²) < 4.78 is 28.9. The zero-order chi connectivity index (χ0) is 32.7. The van der Waals surface area contributed by atoms with E-state index in [-0.39, 0.29) is 17.3 Å². The third-order valence-electron chi connectivity index (χ3n) is 4.95. The van der Waals surface area contributed by atoms with Crippen LogP contribution in [-0.4, -0.2) is 79.0 Å². The largest absolute Gasteiger partial charge is 0.443 e. The average Bonchev–Trinajstić information content (AvgIpc) is 3.47. The smallest absolute Gasteiger partial charge is 0.427 e. The first-order valence-corrected chi connectivity index (χ1v) is 13.8. The second kappa shape index (κ2) is 11.6. The molecule has 0 aromatic carbocycles. The van der Waals surface area contributed by atoms with Crippen molar-refractivity contribution in [3.63, 3.8) is 0 Å². The van der Waals surface area contributed by atoms with E-state index >= 15 is 0 Å². The Bertz CT molecular complexity index is 1330. The van der Waals surface area contributed by atoms with Gasteiger partial charge in [-0.05, 0) is 83.1 Å². The van der Waals surface area contributed by atoms with E-state index in [0.29, 0.717) is 23.0 Å². The van der Waals surface area contributed by atoms with Gasteiger partial charge in [0.25, 0.3) is 0 Å². The zero-order valence-electron chi connectivity index (χ0n) is 26.9. The monoisotopic (exact) mass is 606 g/mol. The number of hydrogen-bond acceptors (Lipinski definition) is 12. The van der Waals surface area contributed by atoms with Gasteiger partial charge in [-0.25, -0.2) is 24.2 Å². The predicted octanol–water partition coefficient (Wildman–Crippen LogP) is 5.58. The molecule has 3 heterocycles. The molecule has 2 aromatic heterocycles. The fourth-order valence-corrected chi connectivity index (χ4v) is 3.42. The number of epoxide rings is 1. The number of amides is 4. The molecule has 4 amide bonds. The lowest BCUT2D eigenvalue weighted by molar-refractivity contribution is 0.0411. The molecule has 1 saturated heterocycles. The Morgan fingerprint density at radius 1 is 0.744 bits per heavy atom. The normalized spacial score (nSPS) is 15.5. The van der Waals surface area contributed by atoms with Crippen molar-refractivity contribution >= 4 is 47.3 Å². The third-order valence-corrected chi connectivity index (χ3v) is 4.95. The Morgan fingerprint density at radius 3 is 1.51 bits per heavy atom. The van der Waals surface area contributed by atoms with Gasteiger partial charge in [0.2, 0.25) is 5.95 Å². The number of fused-ring (bicyclic) bond motifs is 1. The molecule has 15 heteroatoms. The Labute approximate surface area is 250 Å². The second-order valence-corrected chi connectivity index (χ2v) is 14.0. The van der Waals surface area contributed by atoms with Gasteiger partial charge in [-0.1, -0.05) is 0 Å². The number of nitrogens with zero attached hydrogens (tertiary/aromatic N) is 6. The van der Waals surface area contributed by atoms with Gasteiger partial charge in [-0.15, -0.1) is 4.90 Å². The van der Waals surface area contributed by atoms with Crippen molar-refractivity contribution in [1.82, 2.24) is 19.5 Å². The van der Waals surface area contributed by atoms with Gasteiger partial charge in [0, 0.05) is 0 Å². The molecular formula is C28H42N6O9. The summed E-state index contributed by atoms with van der Waals surface area (Å²) in [6, 6.07) is 0. The Kier molecular flexibility index (Phi) is 9.02. The van der Waals surface area contributed by atoms with Crippen LogP contribution in [0.1, 0.15) is 83.1 Å². The van der Waals surface area contributed by atoms with Crippen LogP contribution >= 0.6 is 0 Å². The van der Waals surface area contributed by atoms with Crippen molar-refractivity contribution in [2.24, 2.45) is 0 Å². The molecule has 15 nitrogen and oxygen atoms in total. The van der Waals surface area contributed by atoms with Crippen LogP contribution < -0.4 is 9.80 Å². The molecular weight excluding hydrogens is 564 g/mol. The maximum atomic E-state index is 13.5. The van der Waals surface area contributed by atoms with Gasteiger partial charge < -0.3 is 28.3 Å². The van der Waals surface area contributed by atoms with Crippen LogP contribution in [0, 0.1) is 0 Å². The van der Waals surface area contributed by atoms with E-state index in [0.717, 1.165) is 0 Å². The van der Waals surface area contributed by atoms with E-state index < -0.39 is 58.5 Å². The summed E-state index contributed by atoms with van der Waals surface area (Å²) in [5, 5.41) is 0. The molecule has 1 atom stereocenters. The summed E-state index contributed by atoms with van der Waals surface area (Å²) in [5.74, 6) is -0.933. The molecule has 0 unspecified atom stereocenters. The fourth-order valence-electron chi connectivity index (χ4n) is 3.42. The number of carbonyl (C=O) groups excluding carboxylic acids is 4. The predicted molar refractivity (Wildman–Crippen MR) is 155 cm³/mol. The van der Waals surface area contributed by atoms with Gasteiger partial charge in [-0.3, -0.25) is 0 Å². The summed E-state index contributed by atoms with van der Waals surface area (Å²) in [5.41, 5.74) is -4.00. The average molecular weight is 607 g/mol. The second-order valence-electron chi connectivity index (χ2n) is 14.0. The standard InChI is InChI=1S/C28H42N6O9/c1-25(2,3)40-21(35)33(22(36)41-26(4,5)6)19-17-18(32(15-29-17)13-16-14-39-16)30-20(31-19)34(23(37)42-27(7,8)9)24(38)43-28(10,11)12/h15-16H,13-14H2,1-12H3/t16-/m0/s1. The van der Waals surface area contributed by atoms with E-state index in [1.165, 1.54) is 6.33 Å². The molecule has 0 aliphatic carbocycles. The maximum absolute atomic E-state index is 13.5. The van der Waals surface area contributed by atoms with Crippen LogP contribution in [0.2, 0.25) is 0 Å². The molecule has 0 radical (unpaired) electrons. The first kappa shape index (κ1) is 33.5. The molecule has 1 aliphatic heterocycles. The number of ether oxygens (including phenoxy) is 5. The van der Waals surface area contributed by atoms with E-state index in [1.807, 2.05) is 0 Å². The molecule has 0 saturated carbocycles. The van der Waals surface area contributed by atoms with Gasteiger partial charge in [0.05, 0.1) is 25.6 Å². The maximum Gasteiger partial charge on any atom is 0.427 e. The molecule has 0 spiro atoms. The molecule has 2 aromatic rings. The lowest BCUT2D eigenvalue weighted by atomic mass is 10.2. The highest BCUT2D eigenvalue weighted by atomic mass is 16.6. The molecule has 1 fully saturated rings. The van der Waals surface area contributed by atoms with Crippen LogP contribution in [-0.2, 0) is 30.2 Å². The van der Waals surface area contributed by atoms with Crippen molar-refractivity contribution in [1.29, 1.82) is 0 Å². The minimum Gasteiger partial charge on any atom is -0.443 e.